The summed E-state index contributed by atoms with van der Waals surface area (Å²) >= 11 is 0. The Morgan fingerprint density at radius 1 is 1.12 bits per heavy atom. The Balaban J connectivity index is 1.77. The Bertz CT molecular complexity index is 1300. The fourth-order valence-corrected chi connectivity index (χ4v) is 4.59. The number of hydrogen-bond donors (Lipinski definition) is 1. The van der Waals surface area contributed by atoms with Gasteiger partial charge in [-0.3, -0.25) is 4.72 Å². The zero-order valence-electron chi connectivity index (χ0n) is 16.5. The van der Waals surface area contributed by atoms with Gasteiger partial charge < -0.3 is 4.74 Å². The van der Waals surface area contributed by atoms with Gasteiger partial charge in [0, 0.05) is 5.56 Å². The molecule has 0 saturated heterocycles. The number of ether oxygens (including phenoxy) is 1. The average Bonchev–Trinajstić information content (AvgIpc) is 3.54. The summed E-state index contributed by atoms with van der Waals surface area (Å²) in [5, 5.41) is 9.03. The van der Waals surface area contributed by atoms with Crippen LogP contribution in [-0.2, 0) is 10.0 Å². The van der Waals surface area contributed by atoms with E-state index in [1.165, 1.54) is 24.3 Å². The summed E-state index contributed by atoms with van der Waals surface area (Å²) in [4.78, 5) is 8.25. The van der Waals surface area contributed by atoms with E-state index in [-0.39, 0.29) is 28.3 Å². The van der Waals surface area contributed by atoms with Crippen LogP contribution < -0.4 is 9.46 Å². The summed E-state index contributed by atoms with van der Waals surface area (Å²) in [6.45, 7) is 0. The second-order valence-corrected chi connectivity index (χ2v) is 9.24. The van der Waals surface area contributed by atoms with Crippen LogP contribution in [0.25, 0.3) is 11.0 Å². The molecule has 1 fully saturated rings. The van der Waals surface area contributed by atoms with E-state index in [4.69, 9.17) is 10.00 Å². The summed E-state index contributed by atoms with van der Waals surface area (Å²) in [6, 6.07) is 13.0. The average molecular weight is 462 g/mol. The molecule has 3 aromatic rings. The van der Waals surface area contributed by atoms with Crippen molar-refractivity contribution in [3.05, 3.63) is 59.7 Å². The van der Waals surface area contributed by atoms with Crippen LogP contribution in [0.3, 0.4) is 0 Å². The topological polar surface area (TPSA) is 105 Å². The van der Waals surface area contributed by atoms with Crippen molar-refractivity contribution in [3.8, 4) is 11.9 Å². The third-order valence-corrected chi connectivity index (χ3v) is 6.20. The molecule has 2 aromatic carbocycles. The van der Waals surface area contributed by atoms with Crippen LogP contribution in [0.1, 0.15) is 30.1 Å². The molecule has 1 aliphatic carbocycles. The summed E-state index contributed by atoms with van der Waals surface area (Å²) < 4.78 is 74.1. The van der Waals surface area contributed by atoms with E-state index in [9.17, 15) is 21.6 Å². The number of rotatable bonds is 7. The Labute approximate surface area is 181 Å². The quantitative estimate of drug-likeness (QED) is 0.560. The molecular formula is C21H17F3N4O3S. The molecule has 0 spiro atoms. The molecule has 7 nitrogen and oxygen atoms in total. The SMILES string of the molecule is N#Cc1cccc(C(Oc2nc3ccccc3nc2NS(=O)(=O)CC2CC2)C(F)(F)F)c1. The number of nitrogens with zero attached hydrogens (tertiary/aromatic N) is 3. The van der Waals surface area contributed by atoms with Crippen LogP contribution in [-0.4, -0.2) is 30.3 Å². The Morgan fingerprint density at radius 2 is 1.81 bits per heavy atom. The van der Waals surface area contributed by atoms with E-state index in [1.807, 2.05) is 0 Å². The van der Waals surface area contributed by atoms with Crippen LogP contribution in [0.15, 0.2) is 48.5 Å². The summed E-state index contributed by atoms with van der Waals surface area (Å²) in [5.41, 5.74) is 0.229. The van der Waals surface area contributed by atoms with E-state index in [0.29, 0.717) is 5.52 Å². The van der Waals surface area contributed by atoms with Gasteiger partial charge in [0.15, 0.2) is 0 Å². The van der Waals surface area contributed by atoms with Gasteiger partial charge in [-0.25, -0.2) is 18.4 Å². The van der Waals surface area contributed by atoms with Crippen molar-refractivity contribution in [2.75, 3.05) is 10.5 Å². The number of nitrogens with one attached hydrogen (secondary N) is 1. The number of benzene rings is 2. The highest BCUT2D eigenvalue weighted by Crippen LogP contribution is 2.39. The minimum absolute atomic E-state index is 0.0157. The van der Waals surface area contributed by atoms with Gasteiger partial charge in [-0.1, -0.05) is 24.3 Å². The van der Waals surface area contributed by atoms with Crippen LogP contribution in [0.2, 0.25) is 0 Å². The second-order valence-electron chi connectivity index (χ2n) is 7.47. The Morgan fingerprint density at radius 3 is 2.44 bits per heavy atom. The number of anilines is 1. The normalized spacial score (nSPS) is 15.2. The molecule has 1 heterocycles. The molecule has 166 valence electrons. The minimum Gasteiger partial charge on any atom is -0.457 e. The maximum atomic E-state index is 13.9. The molecule has 0 bridgehead atoms. The van der Waals surface area contributed by atoms with Crippen molar-refractivity contribution < 1.29 is 26.3 Å². The van der Waals surface area contributed by atoms with Gasteiger partial charge in [-0.2, -0.15) is 18.4 Å². The van der Waals surface area contributed by atoms with Crippen LogP contribution in [0.4, 0.5) is 19.0 Å². The van der Waals surface area contributed by atoms with Gasteiger partial charge in [0.05, 0.1) is 28.4 Å². The van der Waals surface area contributed by atoms with E-state index in [0.717, 1.165) is 18.9 Å². The van der Waals surface area contributed by atoms with Gasteiger partial charge in [0.2, 0.25) is 21.9 Å². The number of aromatic nitrogens is 2. The molecular weight excluding hydrogens is 445 g/mol. The summed E-state index contributed by atoms with van der Waals surface area (Å²) in [6.07, 6.45) is -5.80. The van der Waals surface area contributed by atoms with Crippen LogP contribution >= 0.6 is 0 Å². The minimum atomic E-state index is -4.87. The lowest BCUT2D eigenvalue weighted by Gasteiger charge is -2.23. The first-order chi connectivity index (χ1) is 15.1. The predicted molar refractivity (Wildman–Crippen MR) is 110 cm³/mol. The number of alkyl halides is 3. The van der Waals surface area contributed by atoms with E-state index in [2.05, 4.69) is 14.7 Å². The highest BCUT2D eigenvalue weighted by atomic mass is 32.2. The first-order valence-electron chi connectivity index (χ1n) is 9.65. The fraction of sp³-hybridized carbons (Fsp3) is 0.286. The number of halogens is 3. The maximum Gasteiger partial charge on any atom is 0.429 e. The van der Waals surface area contributed by atoms with Gasteiger partial charge in [0.1, 0.15) is 0 Å². The molecule has 1 atom stereocenters. The summed E-state index contributed by atoms with van der Waals surface area (Å²) in [7, 11) is -3.87. The van der Waals surface area contributed by atoms with Gasteiger partial charge >= 0.3 is 6.18 Å². The van der Waals surface area contributed by atoms with Crippen molar-refractivity contribution in [1.82, 2.24) is 9.97 Å². The fourth-order valence-electron chi connectivity index (χ4n) is 3.12. The van der Waals surface area contributed by atoms with Gasteiger partial charge in [-0.15, -0.1) is 0 Å². The van der Waals surface area contributed by atoms with Crippen molar-refractivity contribution in [2.24, 2.45) is 5.92 Å². The molecule has 1 N–H and O–H groups in total. The van der Waals surface area contributed by atoms with Gasteiger partial charge in [-0.05, 0) is 43.0 Å². The lowest BCUT2D eigenvalue weighted by Crippen LogP contribution is -2.27. The summed E-state index contributed by atoms with van der Waals surface area (Å²) in [5.74, 6) is -1.17. The van der Waals surface area contributed by atoms with Crippen LogP contribution in [0.5, 0.6) is 5.88 Å². The zero-order chi connectivity index (χ0) is 22.9. The maximum absolute atomic E-state index is 13.9. The van der Waals surface area contributed by atoms with Crippen molar-refractivity contribution in [1.29, 1.82) is 5.26 Å². The van der Waals surface area contributed by atoms with E-state index < -0.39 is 34.0 Å². The van der Waals surface area contributed by atoms with E-state index in [1.54, 1.807) is 24.3 Å². The molecule has 1 saturated carbocycles. The third kappa shape index (κ3) is 5.08. The number of sulfonamides is 1. The molecule has 0 aliphatic heterocycles. The number of nitriles is 1. The molecule has 0 amide bonds. The Hall–Kier alpha value is -3.39. The molecule has 32 heavy (non-hydrogen) atoms. The molecule has 0 radical (unpaired) electrons. The molecule has 11 heteroatoms. The number of para-hydroxylation sites is 2. The monoisotopic (exact) mass is 462 g/mol. The standard InChI is InChI=1S/C21H17F3N4O3S/c22-21(23,24)18(15-5-3-4-14(10-15)11-25)31-20-19(28-32(29,30)12-13-8-9-13)26-16-6-1-2-7-17(16)27-20/h1-7,10,13,18H,8-9,12H2,(H,26,28). The first kappa shape index (κ1) is 21.8. The second kappa shape index (κ2) is 8.27. The lowest BCUT2D eigenvalue weighted by molar-refractivity contribution is -0.198. The van der Waals surface area contributed by atoms with Crippen molar-refractivity contribution >= 4 is 26.9 Å². The Kier molecular flexibility index (Phi) is 5.64. The zero-order valence-corrected chi connectivity index (χ0v) is 17.3. The lowest BCUT2D eigenvalue weighted by atomic mass is 10.1. The molecule has 4 rings (SSSR count). The highest BCUT2D eigenvalue weighted by molar-refractivity contribution is 7.92. The molecule has 1 aliphatic rings. The predicted octanol–water partition coefficient (Wildman–Crippen LogP) is 4.34. The highest BCUT2D eigenvalue weighted by Gasteiger charge is 2.44. The largest absolute Gasteiger partial charge is 0.457 e. The first-order valence-corrected chi connectivity index (χ1v) is 11.3. The van der Waals surface area contributed by atoms with Crippen molar-refractivity contribution in [2.45, 2.75) is 25.1 Å². The molecule has 1 unspecified atom stereocenters. The number of fused-ring (bicyclic) bond motifs is 1. The number of hydrogen-bond acceptors (Lipinski definition) is 6. The molecule has 1 aromatic heterocycles. The third-order valence-electron chi connectivity index (χ3n) is 4.79. The van der Waals surface area contributed by atoms with E-state index >= 15 is 0 Å². The van der Waals surface area contributed by atoms with Gasteiger partial charge in [0.25, 0.3) is 5.88 Å². The van der Waals surface area contributed by atoms with Crippen LogP contribution in [0, 0.1) is 17.2 Å². The van der Waals surface area contributed by atoms with Crippen molar-refractivity contribution in [3.63, 3.8) is 0 Å². The smallest absolute Gasteiger partial charge is 0.429 e.